The molecule has 0 radical (unpaired) electrons. The van der Waals surface area contributed by atoms with Crippen molar-refractivity contribution in [3.63, 3.8) is 0 Å². The molecule has 0 aliphatic rings. The highest BCUT2D eigenvalue weighted by molar-refractivity contribution is 7.89. The van der Waals surface area contributed by atoms with E-state index in [0.29, 0.717) is 11.6 Å². The van der Waals surface area contributed by atoms with E-state index >= 15 is 0 Å². The van der Waals surface area contributed by atoms with Crippen molar-refractivity contribution in [3.05, 3.63) is 59.1 Å². The number of amides is 1. The lowest BCUT2D eigenvalue weighted by atomic mass is 10.0. The summed E-state index contributed by atoms with van der Waals surface area (Å²) in [6.07, 6.45) is 0. The fraction of sp³-hybridized carbons (Fsp3) is 0.235. The second-order valence-electron chi connectivity index (χ2n) is 5.58. The summed E-state index contributed by atoms with van der Waals surface area (Å²) >= 11 is 5.87. The van der Waals surface area contributed by atoms with Gasteiger partial charge >= 0.3 is 0 Å². The number of halogens is 1. The van der Waals surface area contributed by atoms with Crippen molar-refractivity contribution in [2.24, 2.45) is 0 Å². The van der Waals surface area contributed by atoms with Gasteiger partial charge in [0.05, 0.1) is 11.6 Å². The number of nitrogens with one attached hydrogen (secondary N) is 2. The number of hydrogen-bond donors (Lipinski definition) is 2. The third-order valence-electron chi connectivity index (χ3n) is 3.41. The fourth-order valence-electron chi connectivity index (χ4n) is 2.06. The Morgan fingerprint density at radius 1 is 1.08 bits per heavy atom. The number of hydrogen-bond acceptors (Lipinski definition) is 3. The van der Waals surface area contributed by atoms with Gasteiger partial charge in [0.1, 0.15) is 4.90 Å². The van der Waals surface area contributed by atoms with Crippen LogP contribution in [-0.2, 0) is 14.8 Å². The molecule has 2 aromatic carbocycles. The predicted molar refractivity (Wildman–Crippen MR) is 95.8 cm³/mol. The highest BCUT2D eigenvalue weighted by atomic mass is 35.5. The Morgan fingerprint density at radius 2 is 1.71 bits per heavy atom. The SMILES string of the molecule is CC(C)c1ccc(NC(=O)CNS(=O)(=O)c2ccccc2Cl)cc1. The monoisotopic (exact) mass is 366 g/mol. The number of rotatable bonds is 6. The van der Waals surface area contributed by atoms with Crippen LogP contribution in [0.3, 0.4) is 0 Å². The molecule has 7 heteroatoms. The molecule has 1 amide bonds. The molecule has 0 aromatic heterocycles. The summed E-state index contributed by atoms with van der Waals surface area (Å²) < 4.78 is 26.5. The van der Waals surface area contributed by atoms with Gasteiger partial charge in [0, 0.05) is 5.69 Å². The molecule has 128 valence electrons. The van der Waals surface area contributed by atoms with Gasteiger partial charge in [0.15, 0.2) is 0 Å². The zero-order valence-electron chi connectivity index (χ0n) is 13.4. The predicted octanol–water partition coefficient (Wildman–Crippen LogP) is 3.38. The van der Waals surface area contributed by atoms with Crippen LogP contribution >= 0.6 is 11.6 Å². The Kier molecular flexibility index (Phi) is 5.99. The summed E-state index contributed by atoms with van der Waals surface area (Å²) in [4.78, 5) is 11.9. The van der Waals surface area contributed by atoms with E-state index in [4.69, 9.17) is 11.6 Å². The van der Waals surface area contributed by atoms with E-state index in [2.05, 4.69) is 23.9 Å². The van der Waals surface area contributed by atoms with Crippen LogP contribution in [0.4, 0.5) is 5.69 Å². The van der Waals surface area contributed by atoms with Gasteiger partial charge in [-0.2, -0.15) is 0 Å². The summed E-state index contributed by atoms with van der Waals surface area (Å²) in [5.74, 6) is -0.0555. The van der Waals surface area contributed by atoms with Gasteiger partial charge in [-0.1, -0.05) is 49.7 Å². The molecule has 0 saturated heterocycles. The second kappa shape index (κ2) is 7.79. The van der Waals surface area contributed by atoms with Crippen molar-refractivity contribution < 1.29 is 13.2 Å². The molecule has 0 heterocycles. The van der Waals surface area contributed by atoms with Gasteiger partial charge in [-0.15, -0.1) is 0 Å². The molecular weight excluding hydrogens is 348 g/mol. The third-order valence-corrected chi connectivity index (χ3v) is 5.31. The molecular formula is C17H19ClN2O3S. The first kappa shape index (κ1) is 18.4. The Morgan fingerprint density at radius 3 is 2.29 bits per heavy atom. The maximum atomic E-state index is 12.2. The Hall–Kier alpha value is -1.89. The van der Waals surface area contributed by atoms with Crippen LogP contribution < -0.4 is 10.0 Å². The first-order chi connectivity index (χ1) is 11.3. The normalized spacial score (nSPS) is 11.5. The van der Waals surface area contributed by atoms with Gasteiger partial charge in [-0.25, -0.2) is 13.1 Å². The minimum atomic E-state index is -3.84. The zero-order chi connectivity index (χ0) is 17.7. The molecule has 0 saturated carbocycles. The molecule has 5 nitrogen and oxygen atoms in total. The third kappa shape index (κ3) is 4.80. The van der Waals surface area contributed by atoms with Gasteiger partial charge in [-0.3, -0.25) is 4.79 Å². The Balaban J connectivity index is 1.97. The van der Waals surface area contributed by atoms with Crippen molar-refractivity contribution in [2.75, 3.05) is 11.9 Å². The van der Waals surface area contributed by atoms with Crippen molar-refractivity contribution in [1.82, 2.24) is 4.72 Å². The van der Waals surface area contributed by atoms with Crippen LogP contribution in [0.2, 0.25) is 5.02 Å². The molecule has 2 N–H and O–H groups in total. The standard InChI is InChI=1S/C17H19ClN2O3S/c1-12(2)13-7-9-14(10-8-13)20-17(21)11-19-24(22,23)16-6-4-3-5-15(16)18/h3-10,12,19H,11H2,1-2H3,(H,20,21). The quantitative estimate of drug-likeness (QED) is 0.822. The van der Waals surface area contributed by atoms with Crippen molar-refractivity contribution in [1.29, 1.82) is 0 Å². The molecule has 24 heavy (non-hydrogen) atoms. The number of anilines is 1. The molecule has 0 unspecified atom stereocenters. The molecule has 2 aromatic rings. The van der Waals surface area contributed by atoms with Crippen LogP contribution in [0, 0.1) is 0 Å². The van der Waals surface area contributed by atoms with E-state index in [0.717, 1.165) is 5.56 Å². The van der Waals surface area contributed by atoms with Crippen LogP contribution in [0.1, 0.15) is 25.3 Å². The van der Waals surface area contributed by atoms with Crippen molar-refractivity contribution in [2.45, 2.75) is 24.7 Å². The van der Waals surface area contributed by atoms with Crippen LogP contribution in [-0.4, -0.2) is 20.9 Å². The molecule has 0 bridgehead atoms. The van der Waals surface area contributed by atoms with E-state index in [-0.39, 0.29) is 16.5 Å². The summed E-state index contributed by atoms with van der Waals surface area (Å²) in [6, 6.07) is 13.5. The average molecular weight is 367 g/mol. The minimum Gasteiger partial charge on any atom is -0.325 e. The van der Waals surface area contributed by atoms with Crippen molar-refractivity contribution >= 4 is 33.2 Å². The van der Waals surface area contributed by atoms with E-state index in [1.54, 1.807) is 24.3 Å². The Labute approximate surface area is 147 Å². The first-order valence-corrected chi connectivity index (χ1v) is 9.30. The van der Waals surface area contributed by atoms with Crippen LogP contribution in [0.5, 0.6) is 0 Å². The largest absolute Gasteiger partial charge is 0.325 e. The number of benzene rings is 2. The second-order valence-corrected chi connectivity index (χ2v) is 7.72. The lowest BCUT2D eigenvalue weighted by Crippen LogP contribution is -2.33. The fourth-order valence-corrected chi connectivity index (χ4v) is 3.56. The lowest BCUT2D eigenvalue weighted by Gasteiger charge is -2.10. The van der Waals surface area contributed by atoms with E-state index in [1.807, 2.05) is 12.1 Å². The van der Waals surface area contributed by atoms with Gasteiger partial charge in [-0.05, 0) is 35.7 Å². The van der Waals surface area contributed by atoms with Gasteiger partial charge < -0.3 is 5.32 Å². The number of carbonyl (C=O) groups excluding carboxylic acids is 1. The molecule has 0 spiro atoms. The first-order valence-electron chi connectivity index (χ1n) is 7.43. The number of carbonyl (C=O) groups is 1. The zero-order valence-corrected chi connectivity index (χ0v) is 15.0. The highest BCUT2D eigenvalue weighted by Gasteiger charge is 2.18. The number of sulfonamides is 1. The molecule has 0 aliphatic heterocycles. The summed E-state index contributed by atoms with van der Waals surface area (Å²) in [5.41, 5.74) is 1.77. The van der Waals surface area contributed by atoms with Gasteiger partial charge in [0.25, 0.3) is 0 Å². The molecule has 0 aliphatic carbocycles. The van der Waals surface area contributed by atoms with Crippen LogP contribution in [0.25, 0.3) is 0 Å². The average Bonchev–Trinajstić information content (AvgIpc) is 2.54. The highest BCUT2D eigenvalue weighted by Crippen LogP contribution is 2.20. The van der Waals surface area contributed by atoms with E-state index < -0.39 is 15.9 Å². The minimum absolute atomic E-state index is 0.0549. The maximum Gasteiger partial charge on any atom is 0.242 e. The van der Waals surface area contributed by atoms with Crippen LogP contribution in [0.15, 0.2) is 53.4 Å². The summed E-state index contributed by atoms with van der Waals surface area (Å²) in [6.45, 7) is 3.79. The Bertz CT molecular complexity index is 818. The smallest absolute Gasteiger partial charge is 0.242 e. The molecule has 0 atom stereocenters. The topological polar surface area (TPSA) is 75.3 Å². The lowest BCUT2D eigenvalue weighted by molar-refractivity contribution is -0.115. The molecule has 2 rings (SSSR count). The van der Waals surface area contributed by atoms with Gasteiger partial charge in [0.2, 0.25) is 15.9 Å². The molecule has 0 fully saturated rings. The summed E-state index contributed by atoms with van der Waals surface area (Å²) in [7, 11) is -3.84. The van der Waals surface area contributed by atoms with E-state index in [9.17, 15) is 13.2 Å². The summed E-state index contributed by atoms with van der Waals surface area (Å²) in [5, 5.41) is 2.75. The van der Waals surface area contributed by atoms with Crippen molar-refractivity contribution in [3.8, 4) is 0 Å². The van der Waals surface area contributed by atoms with E-state index in [1.165, 1.54) is 12.1 Å². The maximum absolute atomic E-state index is 12.2.